The second-order valence-corrected chi connectivity index (χ2v) is 8.59. The average Bonchev–Trinajstić information content (AvgIpc) is 2.89. The van der Waals surface area contributed by atoms with Gasteiger partial charge in [-0.3, -0.25) is 4.79 Å². The van der Waals surface area contributed by atoms with E-state index in [1.54, 1.807) is 0 Å². The second-order valence-electron chi connectivity index (χ2n) is 8.59. The molecular formula is C21H27NO. The van der Waals surface area contributed by atoms with Gasteiger partial charge in [-0.2, -0.15) is 5.26 Å². The van der Waals surface area contributed by atoms with E-state index in [1.165, 1.54) is 24.8 Å². The minimum atomic E-state index is 0.211. The zero-order chi connectivity index (χ0) is 16.2. The molecule has 4 rings (SSSR count). The Hall–Kier alpha value is -1.36. The molecule has 0 aromatic heterocycles. The lowest BCUT2D eigenvalue weighted by atomic mass is 9.49. The first-order chi connectivity index (χ1) is 11.1. The van der Waals surface area contributed by atoms with Gasteiger partial charge in [-0.25, -0.2) is 0 Å². The fourth-order valence-corrected chi connectivity index (χ4v) is 6.74. The van der Waals surface area contributed by atoms with Crippen LogP contribution in [0.2, 0.25) is 0 Å². The van der Waals surface area contributed by atoms with Gasteiger partial charge in [0.15, 0.2) is 5.78 Å². The zero-order valence-electron chi connectivity index (χ0n) is 14.1. The first kappa shape index (κ1) is 15.2. The molecule has 2 heteroatoms. The molecule has 0 saturated heterocycles. The Morgan fingerprint density at radius 3 is 2.91 bits per heavy atom. The minimum absolute atomic E-state index is 0.211. The van der Waals surface area contributed by atoms with E-state index in [9.17, 15) is 10.1 Å². The summed E-state index contributed by atoms with van der Waals surface area (Å²) in [6.45, 7) is 6.51. The van der Waals surface area contributed by atoms with Gasteiger partial charge >= 0.3 is 0 Å². The molecule has 2 nitrogen and oxygen atoms in total. The molecule has 0 aromatic carbocycles. The lowest BCUT2D eigenvalue weighted by molar-refractivity contribution is -0.116. The van der Waals surface area contributed by atoms with Gasteiger partial charge in [0.2, 0.25) is 0 Å². The number of carbonyl (C=O) groups excluding carboxylic acids is 1. The van der Waals surface area contributed by atoms with Crippen molar-refractivity contribution in [2.45, 2.75) is 51.9 Å². The van der Waals surface area contributed by atoms with Crippen molar-refractivity contribution in [3.8, 4) is 6.07 Å². The normalized spacial score (nSPS) is 48.5. The highest BCUT2D eigenvalue weighted by Gasteiger charge is 2.58. The number of hydrogen-bond donors (Lipinski definition) is 0. The van der Waals surface area contributed by atoms with Gasteiger partial charge < -0.3 is 0 Å². The Morgan fingerprint density at radius 1 is 1.35 bits per heavy atom. The van der Waals surface area contributed by atoms with Crippen LogP contribution in [-0.4, -0.2) is 5.78 Å². The maximum atomic E-state index is 11.9. The van der Waals surface area contributed by atoms with Crippen LogP contribution < -0.4 is 0 Å². The van der Waals surface area contributed by atoms with Crippen molar-refractivity contribution in [2.75, 3.05) is 0 Å². The molecule has 0 heterocycles. The molecule has 0 aliphatic heterocycles. The Bertz CT molecular complexity index is 612. The highest BCUT2D eigenvalue weighted by molar-refractivity contribution is 5.91. The fourth-order valence-electron chi connectivity index (χ4n) is 6.74. The summed E-state index contributed by atoms with van der Waals surface area (Å²) in [6, 6.07) is 2.61. The van der Waals surface area contributed by atoms with Crippen molar-refractivity contribution in [3.05, 3.63) is 24.3 Å². The van der Waals surface area contributed by atoms with Crippen molar-refractivity contribution in [1.29, 1.82) is 5.26 Å². The predicted octanol–water partition coefficient (Wildman–Crippen LogP) is 4.68. The molecule has 7 atom stereocenters. The summed E-state index contributed by atoms with van der Waals surface area (Å²) in [6.07, 6.45) is 11.7. The molecule has 1 unspecified atom stereocenters. The Kier molecular flexibility index (Phi) is 3.52. The van der Waals surface area contributed by atoms with Crippen molar-refractivity contribution < 1.29 is 4.79 Å². The second kappa shape index (κ2) is 5.33. The van der Waals surface area contributed by atoms with E-state index in [0.29, 0.717) is 35.4 Å². The van der Waals surface area contributed by atoms with Crippen LogP contribution in [-0.2, 0) is 4.79 Å². The molecule has 0 amide bonds. The molecule has 23 heavy (non-hydrogen) atoms. The highest BCUT2D eigenvalue weighted by atomic mass is 16.1. The smallest absolute Gasteiger partial charge is 0.155 e. The monoisotopic (exact) mass is 309 g/mol. The van der Waals surface area contributed by atoms with Crippen molar-refractivity contribution in [2.24, 2.45) is 40.9 Å². The number of nitrogens with zero attached hydrogens (tertiary/aromatic N) is 1. The van der Waals surface area contributed by atoms with E-state index in [0.717, 1.165) is 25.7 Å². The number of fused-ring (bicyclic) bond motifs is 5. The molecule has 122 valence electrons. The molecular weight excluding hydrogens is 282 g/mol. The van der Waals surface area contributed by atoms with E-state index < -0.39 is 0 Å². The first-order valence-corrected chi connectivity index (χ1v) is 9.34. The lowest BCUT2D eigenvalue weighted by Gasteiger charge is -2.55. The van der Waals surface area contributed by atoms with Crippen LogP contribution in [0.15, 0.2) is 24.3 Å². The van der Waals surface area contributed by atoms with Crippen LogP contribution >= 0.6 is 0 Å². The number of rotatable bonds is 1. The SMILES string of the molecule is C=CC1CC2=CC(=O)CC[C@@H]2[C@H]2CC[C@]3(C)[C@@H](C#N)CC[C@H]3[C@H]12. The Labute approximate surface area is 139 Å². The van der Waals surface area contributed by atoms with E-state index >= 15 is 0 Å². The summed E-state index contributed by atoms with van der Waals surface area (Å²) in [7, 11) is 0. The van der Waals surface area contributed by atoms with Gasteiger partial charge in [-0.15, -0.1) is 6.58 Å². The molecule has 0 bridgehead atoms. The minimum Gasteiger partial charge on any atom is -0.295 e. The van der Waals surface area contributed by atoms with Gasteiger partial charge in [0.05, 0.1) is 12.0 Å². The van der Waals surface area contributed by atoms with E-state index in [1.807, 2.05) is 6.08 Å². The largest absolute Gasteiger partial charge is 0.295 e. The maximum absolute atomic E-state index is 11.9. The molecule has 0 spiro atoms. The molecule has 0 N–H and O–H groups in total. The fraction of sp³-hybridized carbons (Fsp3) is 0.714. The standard InChI is InChI=1S/C21H27NO/c1-3-13-10-14-11-16(23)5-6-17(14)18-8-9-21(2)15(12-22)4-7-19(21)20(13)18/h3,11,13,15,17-20H,1,4-10H2,2H3/t13?,15-,17+,18-,19+,20-,21-/m1/s1. The van der Waals surface area contributed by atoms with Crippen LogP contribution in [0.25, 0.3) is 0 Å². The molecule has 3 fully saturated rings. The third kappa shape index (κ3) is 2.09. The summed E-state index contributed by atoms with van der Waals surface area (Å²) >= 11 is 0. The Balaban J connectivity index is 1.71. The summed E-state index contributed by atoms with van der Waals surface area (Å²) in [4.78, 5) is 11.9. The van der Waals surface area contributed by atoms with Crippen molar-refractivity contribution >= 4 is 5.78 Å². The Morgan fingerprint density at radius 2 is 2.17 bits per heavy atom. The van der Waals surface area contributed by atoms with Crippen LogP contribution in [0.1, 0.15) is 51.9 Å². The molecule has 4 aliphatic carbocycles. The summed E-state index contributed by atoms with van der Waals surface area (Å²) < 4.78 is 0. The van der Waals surface area contributed by atoms with Crippen molar-refractivity contribution in [3.63, 3.8) is 0 Å². The van der Waals surface area contributed by atoms with Gasteiger partial charge in [0.25, 0.3) is 0 Å². The molecule has 0 aromatic rings. The number of hydrogen-bond acceptors (Lipinski definition) is 2. The first-order valence-electron chi connectivity index (χ1n) is 9.34. The summed E-state index contributed by atoms with van der Waals surface area (Å²) in [5, 5.41) is 9.59. The van der Waals surface area contributed by atoms with Gasteiger partial charge in [0.1, 0.15) is 0 Å². The summed E-state index contributed by atoms with van der Waals surface area (Å²) in [5.41, 5.74) is 1.62. The molecule has 0 radical (unpaired) electrons. The average molecular weight is 309 g/mol. The third-order valence-electron chi connectivity index (χ3n) is 7.85. The summed E-state index contributed by atoms with van der Waals surface area (Å²) in [5.74, 6) is 3.75. The van der Waals surface area contributed by atoms with Crippen LogP contribution in [0.3, 0.4) is 0 Å². The third-order valence-corrected chi connectivity index (χ3v) is 7.85. The quantitative estimate of drug-likeness (QED) is 0.660. The van der Waals surface area contributed by atoms with Crippen LogP contribution in [0, 0.1) is 52.3 Å². The number of ketones is 1. The number of allylic oxidation sites excluding steroid dienone is 2. The molecule has 4 aliphatic rings. The van der Waals surface area contributed by atoms with Crippen LogP contribution in [0.4, 0.5) is 0 Å². The van der Waals surface area contributed by atoms with E-state index in [4.69, 9.17) is 0 Å². The lowest BCUT2D eigenvalue weighted by Crippen LogP contribution is -2.49. The van der Waals surface area contributed by atoms with Crippen LogP contribution in [0.5, 0.6) is 0 Å². The number of nitriles is 1. The van der Waals surface area contributed by atoms with Gasteiger partial charge in [-0.1, -0.05) is 18.6 Å². The van der Waals surface area contributed by atoms with E-state index in [2.05, 4.69) is 25.6 Å². The van der Waals surface area contributed by atoms with Gasteiger partial charge in [-0.05, 0) is 79.6 Å². The van der Waals surface area contributed by atoms with Gasteiger partial charge in [0, 0.05) is 6.42 Å². The molecule has 3 saturated carbocycles. The maximum Gasteiger partial charge on any atom is 0.155 e. The number of carbonyl (C=O) groups is 1. The predicted molar refractivity (Wildman–Crippen MR) is 90.3 cm³/mol. The van der Waals surface area contributed by atoms with Crippen molar-refractivity contribution in [1.82, 2.24) is 0 Å². The zero-order valence-corrected chi connectivity index (χ0v) is 14.1. The topological polar surface area (TPSA) is 40.9 Å². The highest BCUT2D eigenvalue weighted by Crippen LogP contribution is 2.64. The van der Waals surface area contributed by atoms with E-state index in [-0.39, 0.29) is 11.3 Å².